The fourth-order valence-electron chi connectivity index (χ4n) is 1.85. The topological polar surface area (TPSA) is 85.2 Å². The average Bonchev–Trinajstić information content (AvgIpc) is 2.45. The van der Waals surface area contributed by atoms with Crippen molar-refractivity contribution in [3.05, 3.63) is 42.5 Å². The summed E-state index contributed by atoms with van der Waals surface area (Å²) in [7, 11) is -4.41. The molecule has 2 N–H and O–H groups in total. The fraction of sp³-hybridized carbons (Fsp3) is 0.286. The Bertz CT molecular complexity index is 618. The van der Waals surface area contributed by atoms with Gasteiger partial charge in [0.2, 0.25) is 0 Å². The smallest absolute Gasteiger partial charge is 0.469 e. The van der Waals surface area contributed by atoms with E-state index >= 15 is 0 Å². The van der Waals surface area contributed by atoms with E-state index in [-0.39, 0.29) is 13.2 Å². The monoisotopic (exact) mass is 312 g/mol. The van der Waals surface area contributed by atoms with Crippen LogP contribution < -0.4 is 4.74 Å². The van der Waals surface area contributed by atoms with Crippen LogP contribution in [-0.2, 0) is 13.8 Å². The fourth-order valence-corrected chi connectivity index (χ4v) is 2.16. The van der Waals surface area contributed by atoms with Gasteiger partial charge in [0.05, 0.1) is 19.8 Å². The molecule has 0 heterocycles. The van der Waals surface area contributed by atoms with Gasteiger partial charge in [-0.15, -0.1) is 0 Å². The normalized spacial score (nSPS) is 11.7. The molecule has 0 aliphatic carbocycles. The Morgan fingerprint density at radius 2 is 1.62 bits per heavy atom. The highest BCUT2D eigenvalue weighted by Crippen LogP contribution is 2.35. The molecule has 2 aromatic rings. The summed E-state index contributed by atoms with van der Waals surface area (Å²) in [5, 5.41) is 2.13. The maximum atomic E-state index is 10.4. The maximum absolute atomic E-state index is 10.4. The first kappa shape index (κ1) is 15.9. The highest BCUT2D eigenvalue weighted by atomic mass is 31.2. The van der Waals surface area contributed by atoms with Crippen LogP contribution in [0.3, 0.4) is 0 Å². The van der Waals surface area contributed by atoms with Crippen LogP contribution in [-0.4, -0.2) is 36.2 Å². The summed E-state index contributed by atoms with van der Waals surface area (Å²) in [5.74, 6) is 0.781. The van der Waals surface area contributed by atoms with E-state index in [1.165, 1.54) is 0 Å². The first-order chi connectivity index (χ1) is 10.1. The number of benzene rings is 2. The third-order valence-electron chi connectivity index (χ3n) is 2.72. The van der Waals surface area contributed by atoms with Crippen LogP contribution in [0.1, 0.15) is 0 Å². The van der Waals surface area contributed by atoms with Crippen molar-refractivity contribution in [3.8, 4) is 5.75 Å². The van der Waals surface area contributed by atoms with Crippen LogP contribution in [0.25, 0.3) is 10.8 Å². The quantitative estimate of drug-likeness (QED) is 0.575. The van der Waals surface area contributed by atoms with Crippen molar-refractivity contribution in [2.45, 2.75) is 0 Å². The minimum atomic E-state index is -4.41. The molecule has 21 heavy (non-hydrogen) atoms. The summed E-state index contributed by atoms with van der Waals surface area (Å²) in [5.41, 5.74) is 0. The van der Waals surface area contributed by atoms with E-state index in [0.717, 1.165) is 16.5 Å². The van der Waals surface area contributed by atoms with Crippen molar-refractivity contribution < 1.29 is 28.3 Å². The molecule has 0 radical (unpaired) electrons. The zero-order chi connectivity index (χ0) is 15.1. The number of fused-ring (bicyclic) bond motifs is 1. The predicted molar refractivity (Wildman–Crippen MR) is 78.3 cm³/mol. The highest BCUT2D eigenvalue weighted by molar-refractivity contribution is 7.46. The highest BCUT2D eigenvalue weighted by Gasteiger charge is 2.12. The summed E-state index contributed by atoms with van der Waals surface area (Å²) in [6, 6.07) is 13.7. The van der Waals surface area contributed by atoms with Crippen molar-refractivity contribution in [2.24, 2.45) is 0 Å². The van der Waals surface area contributed by atoms with Gasteiger partial charge in [0, 0.05) is 5.39 Å². The average molecular weight is 312 g/mol. The molecule has 0 spiro atoms. The lowest BCUT2D eigenvalue weighted by Gasteiger charge is -2.10. The Labute approximate surface area is 122 Å². The lowest BCUT2D eigenvalue weighted by Crippen LogP contribution is -2.10. The predicted octanol–water partition coefficient (Wildman–Crippen LogP) is 2.34. The Morgan fingerprint density at radius 1 is 0.905 bits per heavy atom. The Kier molecular flexibility index (Phi) is 5.73. The number of phosphoric acid groups is 1. The molecule has 6 nitrogen and oxygen atoms in total. The SMILES string of the molecule is O=P(O)(O)OCCOCCOc1cccc2ccccc12. The van der Waals surface area contributed by atoms with Gasteiger partial charge in [-0.3, -0.25) is 4.52 Å². The minimum Gasteiger partial charge on any atom is -0.491 e. The molecule has 0 fully saturated rings. The second-order valence-corrected chi connectivity index (χ2v) is 5.50. The van der Waals surface area contributed by atoms with Crippen molar-refractivity contribution in [1.29, 1.82) is 0 Å². The number of phosphoric ester groups is 1. The molecule has 2 aromatic carbocycles. The van der Waals surface area contributed by atoms with Gasteiger partial charge >= 0.3 is 7.82 Å². The van der Waals surface area contributed by atoms with Gasteiger partial charge < -0.3 is 19.3 Å². The van der Waals surface area contributed by atoms with E-state index < -0.39 is 7.82 Å². The molecule has 0 bridgehead atoms. The van der Waals surface area contributed by atoms with Gasteiger partial charge in [0.15, 0.2) is 0 Å². The van der Waals surface area contributed by atoms with E-state index in [1.807, 2.05) is 42.5 Å². The van der Waals surface area contributed by atoms with Crippen LogP contribution in [0.15, 0.2) is 42.5 Å². The standard InChI is InChI=1S/C14H17O6P/c15-21(16,17)20-11-9-18-8-10-19-14-7-3-5-12-4-1-2-6-13(12)14/h1-7H,8-11H2,(H2,15,16,17). The summed E-state index contributed by atoms with van der Waals surface area (Å²) >= 11 is 0. The number of hydrogen-bond donors (Lipinski definition) is 2. The first-order valence-electron chi connectivity index (χ1n) is 6.45. The maximum Gasteiger partial charge on any atom is 0.469 e. The number of hydrogen-bond acceptors (Lipinski definition) is 4. The first-order valence-corrected chi connectivity index (χ1v) is 7.98. The summed E-state index contributed by atoms with van der Waals surface area (Å²) in [4.78, 5) is 17.0. The largest absolute Gasteiger partial charge is 0.491 e. The van der Waals surface area contributed by atoms with Crippen LogP contribution in [0.2, 0.25) is 0 Å². The molecular weight excluding hydrogens is 295 g/mol. The van der Waals surface area contributed by atoms with Crippen LogP contribution in [0.4, 0.5) is 0 Å². The molecule has 0 aromatic heterocycles. The summed E-state index contributed by atoms with van der Waals surface area (Å²) in [6.07, 6.45) is 0. The molecular formula is C14H17O6P. The molecule has 0 unspecified atom stereocenters. The third-order valence-corrected chi connectivity index (χ3v) is 3.24. The van der Waals surface area contributed by atoms with E-state index in [2.05, 4.69) is 4.52 Å². The lowest BCUT2D eigenvalue weighted by molar-refractivity contribution is 0.0671. The van der Waals surface area contributed by atoms with Gasteiger partial charge in [-0.25, -0.2) is 4.57 Å². The van der Waals surface area contributed by atoms with E-state index in [1.54, 1.807) is 0 Å². The lowest BCUT2D eigenvalue weighted by atomic mass is 10.1. The molecule has 114 valence electrons. The Morgan fingerprint density at radius 3 is 2.43 bits per heavy atom. The van der Waals surface area contributed by atoms with Crippen molar-refractivity contribution >= 4 is 18.6 Å². The number of ether oxygens (including phenoxy) is 2. The van der Waals surface area contributed by atoms with Gasteiger partial charge in [0.1, 0.15) is 12.4 Å². The zero-order valence-electron chi connectivity index (χ0n) is 11.3. The van der Waals surface area contributed by atoms with Gasteiger partial charge in [-0.2, -0.15) is 0 Å². The van der Waals surface area contributed by atoms with E-state index in [4.69, 9.17) is 19.3 Å². The molecule has 2 rings (SSSR count). The van der Waals surface area contributed by atoms with Crippen molar-refractivity contribution in [1.82, 2.24) is 0 Å². The van der Waals surface area contributed by atoms with Crippen molar-refractivity contribution in [2.75, 3.05) is 26.4 Å². The van der Waals surface area contributed by atoms with Crippen LogP contribution in [0, 0.1) is 0 Å². The van der Waals surface area contributed by atoms with Gasteiger partial charge in [0.25, 0.3) is 0 Å². The molecule has 0 aliphatic rings. The second kappa shape index (κ2) is 7.54. The minimum absolute atomic E-state index is 0.101. The molecule has 0 atom stereocenters. The third kappa shape index (κ3) is 5.46. The Balaban J connectivity index is 1.72. The molecule has 0 aliphatic heterocycles. The molecule has 0 amide bonds. The van der Waals surface area contributed by atoms with Crippen LogP contribution >= 0.6 is 7.82 Å². The van der Waals surface area contributed by atoms with Crippen LogP contribution in [0.5, 0.6) is 5.75 Å². The summed E-state index contributed by atoms with van der Waals surface area (Å²) < 4.78 is 25.5. The van der Waals surface area contributed by atoms with Gasteiger partial charge in [-0.05, 0) is 11.5 Å². The summed E-state index contributed by atoms with van der Waals surface area (Å²) in [6.45, 7) is 0.611. The number of rotatable bonds is 8. The Hall–Kier alpha value is -1.43. The van der Waals surface area contributed by atoms with E-state index in [9.17, 15) is 4.57 Å². The van der Waals surface area contributed by atoms with Gasteiger partial charge in [-0.1, -0.05) is 36.4 Å². The van der Waals surface area contributed by atoms with E-state index in [0.29, 0.717) is 13.2 Å². The second-order valence-electron chi connectivity index (χ2n) is 4.26. The molecule has 7 heteroatoms. The van der Waals surface area contributed by atoms with Crippen molar-refractivity contribution in [3.63, 3.8) is 0 Å². The zero-order valence-corrected chi connectivity index (χ0v) is 12.2. The molecule has 0 saturated heterocycles. The molecule has 0 saturated carbocycles.